The van der Waals surface area contributed by atoms with E-state index in [1.807, 2.05) is 0 Å². The van der Waals surface area contributed by atoms with E-state index in [1.54, 1.807) is 0 Å². The molecule has 0 saturated carbocycles. The molecule has 0 saturated heterocycles. The summed E-state index contributed by atoms with van der Waals surface area (Å²) in [6.45, 7) is 0. The fraction of sp³-hybridized carbons (Fsp3) is 0.0909. The number of nitro benzene ring substituents is 1. The minimum absolute atomic E-state index is 0.00494. The van der Waals surface area contributed by atoms with Crippen LogP contribution in [-0.4, -0.2) is 27.2 Å². The molecule has 0 fully saturated rings. The molecule has 3 N–H and O–H groups in total. The van der Waals surface area contributed by atoms with Crippen molar-refractivity contribution in [1.29, 1.82) is 0 Å². The second kappa shape index (κ2) is 6.58. The van der Waals surface area contributed by atoms with Gasteiger partial charge < -0.3 is 10.8 Å². The number of hydrogen-bond acceptors (Lipinski definition) is 9. The van der Waals surface area contributed by atoms with Gasteiger partial charge >= 0.3 is 0 Å². The first-order valence-electron chi connectivity index (χ1n) is 5.81. The molecule has 1 aromatic heterocycles. The largest absolute Gasteiger partial charge is 0.872 e. The number of hydrogen-bond donors (Lipinski definition) is 2. The molecule has 2 rings (SSSR count). The van der Waals surface area contributed by atoms with Crippen LogP contribution in [0.1, 0.15) is 10.6 Å². The highest BCUT2D eigenvalue weighted by Gasteiger charge is 2.08. The van der Waals surface area contributed by atoms with Gasteiger partial charge in [0.05, 0.1) is 17.6 Å². The Morgan fingerprint density at radius 3 is 2.91 bits per heavy atom. The van der Waals surface area contributed by atoms with Crippen LogP contribution in [0.2, 0.25) is 0 Å². The first-order chi connectivity index (χ1) is 10.5. The van der Waals surface area contributed by atoms with Crippen LogP contribution in [0.3, 0.4) is 0 Å². The van der Waals surface area contributed by atoms with Crippen molar-refractivity contribution < 1.29 is 14.8 Å². The molecule has 1 heterocycles. The maximum Gasteiger partial charge on any atom is 0.270 e. The molecule has 0 aliphatic rings. The third kappa shape index (κ3) is 3.96. The van der Waals surface area contributed by atoms with E-state index in [1.165, 1.54) is 0 Å². The summed E-state index contributed by atoms with van der Waals surface area (Å²) in [6, 6.07) is 3.23. The molecule has 0 aliphatic heterocycles. The molecule has 10 nitrogen and oxygen atoms in total. The van der Waals surface area contributed by atoms with Crippen molar-refractivity contribution in [2.45, 2.75) is 6.42 Å². The van der Waals surface area contributed by atoms with E-state index in [4.69, 9.17) is 5.73 Å². The van der Waals surface area contributed by atoms with Crippen LogP contribution in [0.4, 0.5) is 10.8 Å². The van der Waals surface area contributed by atoms with Crippen molar-refractivity contribution in [3.63, 3.8) is 0 Å². The molecule has 114 valence electrons. The second-order valence-corrected chi connectivity index (χ2v) is 5.08. The molecular formula is C11H9N6O4S-. The van der Waals surface area contributed by atoms with Crippen LogP contribution in [0.5, 0.6) is 5.75 Å². The number of hydrazone groups is 1. The summed E-state index contributed by atoms with van der Waals surface area (Å²) in [6.07, 6.45) is 0.979. The molecule has 0 aliphatic carbocycles. The van der Waals surface area contributed by atoms with Gasteiger partial charge in [-0.25, -0.2) is 5.43 Å². The minimum Gasteiger partial charge on any atom is -0.872 e. The number of amides is 1. The van der Waals surface area contributed by atoms with Gasteiger partial charge in [-0.1, -0.05) is 23.2 Å². The third-order valence-corrected chi connectivity index (χ3v) is 3.14. The Balaban J connectivity index is 1.98. The molecule has 1 amide bonds. The number of rotatable bonds is 5. The van der Waals surface area contributed by atoms with E-state index in [0.29, 0.717) is 5.01 Å². The van der Waals surface area contributed by atoms with Crippen molar-refractivity contribution in [2.75, 3.05) is 5.73 Å². The Morgan fingerprint density at radius 2 is 2.27 bits per heavy atom. The standard InChI is InChI=1S/C11H10N6O4S/c12-11-16-15-10(22-11)4-9(19)14-13-5-6-3-7(17(20)21)1-2-8(6)18/h1-3,5,18H,4H2,(H2,12,16)(H,14,19)/p-1/b13-5-. The third-order valence-electron chi connectivity index (χ3n) is 2.39. The number of nitrogens with zero attached hydrogens (tertiary/aromatic N) is 4. The highest BCUT2D eigenvalue weighted by atomic mass is 32.1. The molecule has 22 heavy (non-hydrogen) atoms. The summed E-state index contributed by atoms with van der Waals surface area (Å²) < 4.78 is 0. The lowest BCUT2D eigenvalue weighted by atomic mass is 10.2. The maximum atomic E-state index is 11.6. The van der Waals surface area contributed by atoms with Crippen LogP contribution in [-0.2, 0) is 11.2 Å². The molecule has 0 radical (unpaired) electrons. The van der Waals surface area contributed by atoms with Crippen LogP contribution < -0.4 is 16.3 Å². The van der Waals surface area contributed by atoms with Gasteiger partial charge in [-0.05, 0) is 5.56 Å². The summed E-state index contributed by atoms with van der Waals surface area (Å²) in [5, 5.41) is 33.6. The lowest BCUT2D eigenvalue weighted by Gasteiger charge is -2.08. The predicted molar refractivity (Wildman–Crippen MR) is 76.3 cm³/mol. The maximum absolute atomic E-state index is 11.6. The van der Waals surface area contributed by atoms with Gasteiger partial charge in [0.25, 0.3) is 5.69 Å². The lowest BCUT2D eigenvalue weighted by Crippen LogP contribution is -2.19. The fourth-order valence-electron chi connectivity index (χ4n) is 1.44. The van der Waals surface area contributed by atoms with Crippen LogP contribution in [0, 0.1) is 10.1 Å². The van der Waals surface area contributed by atoms with E-state index in [0.717, 1.165) is 35.8 Å². The number of nitrogens with two attached hydrogens (primary N) is 1. The van der Waals surface area contributed by atoms with Gasteiger partial charge in [0.1, 0.15) is 5.01 Å². The van der Waals surface area contributed by atoms with Gasteiger partial charge in [0, 0.05) is 12.1 Å². The summed E-state index contributed by atoms with van der Waals surface area (Å²) in [7, 11) is 0. The number of benzene rings is 1. The first-order valence-corrected chi connectivity index (χ1v) is 6.62. The van der Waals surface area contributed by atoms with Crippen molar-refractivity contribution in [2.24, 2.45) is 5.10 Å². The number of aromatic nitrogens is 2. The Bertz CT molecular complexity index is 744. The molecular weight excluding hydrogens is 312 g/mol. The average molecular weight is 321 g/mol. The van der Waals surface area contributed by atoms with Crippen molar-refractivity contribution in [3.05, 3.63) is 38.9 Å². The Kier molecular flexibility index (Phi) is 4.58. The Labute approximate surface area is 127 Å². The molecule has 11 heteroatoms. The topological polar surface area (TPSA) is 159 Å². The summed E-state index contributed by atoms with van der Waals surface area (Å²) in [4.78, 5) is 21.5. The second-order valence-electron chi connectivity index (χ2n) is 3.98. The first kappa shape index (κ1) is 15.3. The minimum atomic E-state index is -0.630. The number of nitro groups is 1. The molecule has 2 aromatic rings. The number of nitrogens with one attached hydrogen (secondary N) is 1. The number of carbonyl (C=O) groups is 1. The van der Waals surface area contributed by atoms with E-state index in [9.17, 15) is 20.0 Å². The van der Waals surface area contributed by atoms with Gasteiger partial charge in [-0.15, -0.1) is 10.2 Å². The van der Waals surface area contributed by atoms with Gasteiger partial charge in [-0.2, -0.15) is 5.10 Å². The van der Waals surface area contributed by atoms with E-state index >= 15 is 0 Å². The molecule has 0 bridgehead atoms. The number of carbonyl (C=O) groups excluding carboxylic acids is 1. The van der Waals surface area contributed by atoms with Gasteiger partial charge in [-0.3, -0.25) is 14.9 Å². The average Bonchev–Trinajstić information content (AvgIpc) is 2.85. The zero-order chi connectivity index (χ0) is 16.1. The monoisotopic (exact) mass is 321 g/mol. The summed E-state index contributed by atoms with van der Waals surface area (Å²) in [5.41, 5.74) is 7.32. The fourth-order valence-corrected chi connectivity index (χ4v) is 2.05. The Hall–Kier alpha value is -3.08. The highest BCUT2D eigenvalue weighted by molar-refractivity contribution is 7.15. The van der Waals surface area contributed by atoms with E-state index in [2.05, 4.69) is 20.7 Å². The van der Waals surface area contributed by atoms with Crippen LogP contribution in [0.25, 0.3) is 0 Å². The number of nitrogen functional groups attached to an aromatic ring is 1. The van der Waals surface area contributed by atoms with Gasteiger partial charge in [0.2, 0.25) is 11.0 Å². The van der Waals surface area contributed by atoms with Crippen LogP contribution >= 0.6 is 11.3 Å². The summed E-state index contributed by atoms with van der Waals surface area (Å²) >= 11 is 1.07. The van der Waals surface area contributed by atoms with Crippen molar-refractivity contribution in [3.8, 4) is 5.75 Å². The van der Waals surface area contributed by atoms with E-state index in [-0.39, 0.29) is 22.8 Å². The lowest BCUT2D eigenvalue weighted by molar-refractivity contribution is -0.385. The van der Waals surface area contributed by atoms with Gasteiger partial charge in [0.15, 0.2) is 0 Å². The number of anilines is 1. The molecule has 0 atom stereocenters. The smallest absolute Gasteiger partial charge is 0.270 e. The normalized spacial score (nSPS) is 10.7. The zero-order valence-corrected chi connectivity index (χ0v) is 11.7. The highest BCUT2D eigenvalue weighted by Crippen LogP contribution is 2.19. The molecule has 0 unspecified atom stereocenters. The van der Waals surface area contributed by atoms with Crippen molar-refractivity contribution >= 4 is 34.3 Å². The van der Waals surface area contributed by atoms with Crippen LogP contribution in [0.15, 0.2) is 23.3 Å². The molecule has 0 spiro atoms. The number of non-ortho nitro benzene ring substituents is 1. The SMILES string of the molecule is Nc1nnc(CC(=O)N/N=C\c2cc([N+](=O)[O-])ccc2[O-])s1. The Morgan fingerprint density at radius 1 is 1.50 bits per heavy atom. The van der Waals surface area contributed by atoms with Crippen molar-refractivity contribution in [1.82, 2.24) is 15.6 Å². The summed E-state index contributed by atoms with van der Waals surface area (Å²) in [5.74, 6) is -0.925. The quantitative estimate of drug-likeness (QED) is 0.438. The molecule has 1 aromatic carbocycles. The predicted octanol–water partition coefficient (Wildman–Crippen LogP) is -0.205. The zero-order valence-electron chi connectivity index (χ0n) is 10.9. The van der Waals surface area contributed by atoms with E-state index < -0.39 is 16.6 Å².